The van der Waals surface area contributed by atoms with Gasteiger partial charge in [-0.1, -0.05) is 25.1 Å². The molecule has 0 aromatic carbocycles. The van der Waals surface area contributed by atoms with E-state index < -0.39 is 0 Å². The van der Waals surface area contributed by atoms with Gasteiger partial charge < -0.3 is 9.84 Å². The maximum atomic E-state index is 13.1. The monoisotopic (exact) mass is 393 g/mol. The van der Waals surface area contributed by atoms with Crippen LogP contribution < -0.4 is 5.32 Å². The van der Waals surface area contributed by atoms with Gasteiger partial charge in [0.1, 0.15) is 0 Å². The number of aromatic nitrogens is 3. The number of amides is 1. The van der Waals surface area contributed by atoms with E-state index in [0.29, 0.717) is 22.4 Å². The van der Waals surface area contributed by atoms with Crippen molar-refractivity contribution in [3.8, 4) is 0 Å². The Hall–Kier alpha value is -2.80. The molecule has 4 heterocycles. The van der Waals surface area contributed by atoms with E-state index in [1.54, 1.807) is 0 Å². The minimum Gasteiger partial charge on any atom is -0.349 e. The molecule has 0 aliphatic carbocycles. The second-order valence-electron chi connectivity index (χ2n) is 8.04. The first-order chi connectivity index (χ1) is 14.0. The number of aryl methyl sites for hydroxylation is 1. The van der Waals surface area contributed by atoms with Crippen LogP contribution in [-0.4, -0.2) is 45.1 Å². The van der Waals surface area contributed by atoms with Crippen molar-refractivity contribution < 1.29 is 9.32 Å². The van der Waals surface area contributed by atoms with E-state index >= 15 is 0 Å². The first kappa shape index (κ1) is 19.5. The molecule has 29 heavy (non-hydrogen) atoms. The number of hydrogen-bond donors (Lipinski definition) is 1. The van der Waals surface area contributed by atoms with Gasteiger partial charge in [-0.05, 0) is 43.9 Å². The summed E-state index contributed by atoms with van der Waals surface area (Å²) in [6.07, 6.45) is 3.68. The molecule has 152 valence electrons. The van der Waals surface area contributed by atoms with Gasteiger partial charge in [-0.2, -0.15) is 0 Å². The molecule has 0 radical (unpaired) electrons. The number of piperidine rings is 1. The first-order valence-corrected chi connectivity index (χ1v) is 10.2. The summed E-state index contributed by atoms with van der Waals surface area (Å²) in [4.78, 5) is 24.4. The van der Waals surface area contributed by atoms with Crippen molar-refractivity contribution >= 4 is 17.0 Å². The van der Waals surface area contributed by atoms with E-state index in [1.807, 2.05) is 31.3 Å². The fourth-order valence-electron chi connectivity index (χ4n) is 3.81. The van der Waals surface area contributed by atoms with Gasteiger partial charge in [-0.15, -0.1) is 0 Å². The van der Waals surface area contributed by atoms with Gasteiger partial charge in [-0.3, -0.25) is 14.7 Å². The van der Waals surface area contributed by atoms with Gasteiger partial charge in [0.15, 0.2) is 0 Å². The van der Waals surface area contributed by atoms with Crippen molar-refractivity contribution in [2.24, 2.45) is 0 Å². The van der Waals surface area contributed by atoms with Crippen molar-refractivity contribution in [2.45, 2.75) is 52.1 Å². The van der Waals surface area contributed by atoms with E-state index in [9.17, 15) is 4.79 Å². The Morgan fingerprint density at radius 3 is 2.79 bits per heavy atom. The number of likely N-dealkylation sites (tertiary alicyclic amines) is 1. The number of hydrogen-bond acceptors (Lipinski definition) is 6. The molecule has 7 nitrogen and oxygen atoms in total. The number of nitrogens with one attached hydrogen (secondary N) is 1. The summed E-state index contributed by atoms with van der Waals surface area (Å²) in [7, 11) is 0. The van der Waals surface area contributed by atoms with Crippen LogP contribution in [0.1, 0.15) is 60.0 Å². The lowest BCUT2D eigenvalue weighted by atomic mass is 10.0. The molecule has 3 aromatic heterocycles. The second-order valence-corrected chi connectivity index (χ2v) is 8.04. The summed E-state index contributed by atoms with van der Waals surface area (Å²) in [5.74, 6) is 0.125. The SMILES string of the molecule is Cc1noc2nc(C(C)C)cc(C(=O)NC3CCN(Cc4ccccn4)CC3)c12. The summed E-state index contributed by atoms with van der Waals surface area (Å²) in [6.45, 7) is 8.68. The minimum absolute atomic E-state index is 0.0752. The lowest BCUT2D eigenvalue weighted by Gasteiger charge is -2.32. The number of carbonyl (C=O) groups is 1. The van der Waals surface area contributed by atoms with Crippen LogP contribution in [0.4, 0.5) is 0 Å². The number of nitrogens with zero attached hydrogens (tertiary/aromatic N) is 4. The molecule has 0 unspecified atom stereocenters. The lowest BCUT2D eigenvalue weighted by molar-refractivity contribution is 0.0910. The van der Waals surface area contributed by atoms with E-state index in [4.69, 9.17) is 4.52 Å². The third kappa shape index (κ3) is 4.29. The molecule has 0 saturated carbocycles. The third-order valence-corrected chi connectivity index (χ3v) is 5.51. The average molecular weight is 393 g/mol. The summed E-state index contributed by atoms with van der Waals surface area (Å²) >= 11 is 0. The van der Waals surface area contributed by atoms with Crippen molar-refractivity contribution in [1.29, 1.82) is 0 Å². The van der Waals surface area contributed by atoms with Crippen LogP contribution in [0, 0.1) is 6.92 Å². The molecule has 1 N–H and O–H groups in total. The Bertz CT molecular complexity index is 991. The van der Waals surface area contributed by atoms with Crippen molar-refractivity contribution in [1.82, 2.24) is 25.3 Å². The van der Waals surface area contributed by atoms with E-state index in [1.165, 1.54) is 0 Å². The molecule has 0 atom stereocenters. The summed E-state index contributed by atoms with van der Waals surface area (Å²) in [6, 6.07) is 8.04. The zero-order valence-corrected chi connectivity index (χ0v) is 17.2. The Labute approximate surface area is 170 Å². The molecule has 1 aliphatic rings. The quantitative estimate of drug-likeness (QED) is 0.715. The number of pyridine rings is 2. The van der Waals surface area contributed by atoms with Crippen LogP contribution in [-0.2, 0) is 6.54 Å². The second kappa shape index (κ2) is 8.29. The highest BCUT2D eigenvalue weighted by Crippen LogP contribution is 2.25. The molecule has 1 amide bonds. The van der Waals surface area contributed by atoms with Crippen LogP contribution in [0.25, 0.3) is 11.1 Å². The highest BCUT2D eigenvalue weighted by molar-refractivity contribution is 6.06. The highest BCUT2D eigenvalue weighted by atomic mass is 16.5. The number of carbonyl (C=O) groups excluding carboxylic acids is 1. The highest BCUT2D eigenvalue weighted by Gasteiger charge is 2.24. The van der Waals surface area contributed by atoms with Gasteiger partial charge in [0, 0.05) is 37.6 Å². The maximum absolute atomic E-state index is 13.1. The molecule has 4 rings (SSSR count). The Balaban J connectivity index is 1.43. The molecular formula is C22H27N5O2. The number of rotatable bonds is 5. The molecule has 3 aromatic rings. The van der Waals surface area contributed by atoms with Gasteiger partial charge in [0.05, 0.1) is 22.3 Å². The largest absolute Gasteiger partial charge is 0.349 e. The van der Waals surface area contributed by atoms with E-state index in [2.05, 4.69) is 45.3 Å². The molecule has 1 saturated heterocycles. The summed E-state index contributed by atoms with van der Waals surface area (Å²) in [5.41, 5.74) is 3.65. The smallest absolute Gasteiger partial charge is 0.259 e. The van der Waals surface area contributed by atoms with Crippen LogP contribution in [0.15, 0.2) is 35.0 Å². The normalized spacial score (nSPS) is 15.9. The molecule has 7 heteroatoms. The van der Waals surface area contributed by atoms with Crippen LogP contribution in [0.2, 0.25) is 0 Å². The van der Waals surface area contributed by atoms with Gasteiger partial charge in [0.2, 0.25) is 0 Å². The van der Waals surface area contributed by atoms with Crippen LogP contribution in [0.5, 0.6) is 0 Å². The predicted molar refractivity (Wildman–Crippen MR) is 111 cm³/mol. The van der Waals surface area contributed by atoms with Crippen LogP contribution >= 0.6 is 0 Å². The first-order valence-electron chi connectivity index (χ1n) is 10.2. The zero-order chi connectivity index (χ0) is 20.4. The van der Waals surface area contributed by atoms with E-state index in [0.717, 1.165) is 43.9 Å². The number of fused-ring (bicyclic) bond motifs is 1. The topological polar surface area (TPSA) is 84.1 Å². The van der Waals surface area contributed by atoms with Crippen LogP contribution in [0.3, 0.4) is 0 Å². The van der Waals surface area contributed by atoms with Crippen molar-refractivity contribution in [3.05, 3.63) is 53.1 Å². The predicted octanol–water partition coefficient (Wildman–Crippen LogP) is 3.44. The zero-order valence-electron chi connectivity index (χ0n) is 17.2. The molecule has 0 spiro atoms. The summed E-state index contributed by atoms with van der Waals surface area (Å²) < 4.78 is 5.34. The molecule has 0 bridgehead atoms. The Morgan fingerprint density at radius 1 is 1.31 bits per heavy atom. The fourth-order valence-corrected chi connectivity index (χ4v) is 3.81. The fraction of sp³-hybridized carbons (Fsp3) is 0.455. The van der Waals surface area contributed by atoms with Gasteiger partial charge in [0.25, 0.3) is 11.6 Å². The standard InChI is InChI=1S/C22H27N5O2/c1-14(2)19-12-18(20-15(3)26-29-22(20)25-19)21(28)24-16-7-10-27(11-8-16)13-17-6-4-5-9-23-17/h4-6,9,12,14,16H,7-8,10-11,13H2,1-3H3,(H,24,28). The molecule has 1 fully saturated rings. The summed E-state index contributed by atoms with van der Waals surface area (Å²) in [5, 5.41) is 7.93. The van der Waals surface area contributed by atoms with E-state index in [-0.39, 0.29) is 17.9 Å². The molecule has 1 aliphatic heterocycles. The van der Waals surface area contributed by atoms with Gasteiger partial charge in [-0.25, -0.2) is 4.98 Å². The third-order valence-electron chi connectivity index (χ3n) is 5.51. The lowest BCUT2D eigenvalue weighted by Crippen LogP contribution is -2.44. The molecular weight excluding hydrogens is 366 g/mol. The average Bonchev–Trinajstić information content (AvgIpc) is 3.10. The van der Waals surface area contributed by atoms with Gasteiger partial charge >= 0.3 is 0 Å². The maximum Gasteiger partial charge on any atom is 0.259 e. The Kier molecular flexibility index (Phi) is 5.58. The van der Waals surface area contributed by atoms with Crippen molar-refractivity contribution in [3.63, 3.8) is 0 Å². The minimum atomic E-state index is -0.0752. The van der Waals surface area contributed by atoms with Crippen molar-refractivity contribution in [2.75, 3.05) is 13.1 Å². The Morgan fingerprint density at radius 2 is 2.10 bits per heavy atom.